The van der Waals surface area contributed by atoms with Crippen LogP contribution in [0.5, 0.6) is 0 Å². The van der Waals surface area contributed by atoms with Crippen molar-refractivity contribution in [2.45, 2.75) is 51.5 Å². The minimum Gasteiger partial charge on any atom is -0.499 e. The van der Waals surface area contributed by atoms with E-state index in [2.05, 4.69) is 39.3 Å². The highest BCUT2D eigenvalue weighted by atomic mass is 28.4. The smallest absolute Gasteiger partial charge is 0.184 e. The molecule has 16 heavy (non-hydrogen) atoms. The third-order valence-electron chi connectivity index (χ3n) is 1.99. The van der Waals surface area contributed by atoms with E-state index in [9.17, 15) is 0 Å². The SMILES string of the molecule is C[Si](C)(C)O[C@@H]1C=COC[C@H]1O[Si](C)(C)C. The van der Waals surface area contributed by atoms with Gasteiger partial charge in [-0.25, -0.2) is 0 Å². The van der Waals surface area contributed by atoms with Crippen molar-refractivity contribution in [2.75, 3.05) is 6.61 Å². The zero-order valence-electron chi connectivity index (χ0n) is 11.2. The van der Waals surface area contributed by atoms with Gasteiger partial charge >= 0.3 is 0 Å². The topological polar surface area (TPSA) is 27.7 Å². The highest BCUT2D eigenvalue weighted by Crippen LogP contribution is 2.20. The van der Waals surface area contributed by atoms with Gasteiger partial charge in [-0.2, -0.15) is 0 Å². The third-order valence-corrected chi connectivity index (χ3v) is 3.98. The van der Waals surface area contributed by atoms with Gasteiger partial charge < -0.3 is 13.6 Å². The molecule has 0 radical (unpaired) electrons. The van der Waals surface area contributed by atoms with Crippen LogP contribution in [0.25, 0.3) is 0 Å². The van der Waals surface area contributed by atoms with Crippen LogP contribution in [0.15, 0.2) is 12.3 Å². The summed E-state index contributed by atoms with van der Waals surface area (Å²) in [5.41, 5.74) is 0. The molecule has 0 aliphatic carbocycles. The molecule has 1 aliphatic rings. The van der Waals surface area contributed by atoms with Crippen molar-refractivity contribution in [1.82, 2.24) is 0 Å². The highest BCUT2D eigenvalue weighted by molar-refractivity contribution is 6.70. The van der Waals surface area contributed by atoms with Crippen LogP contribution in [0.4, 0.5) is 0 Å². The van der Waals surface area contributed by atoms with E-state index in [1.807, 2.05) is 6.08 Å². The summed E-state index contributed by atoms with van der Waals surface area (Å²) in [6.07, 6.45) is 3.83. The number of hydrogen-bond donors (Lipinski definition) is 0. The third kappa shape index (κ3) is 5.29. The first-order chi connectivity index (χ1) is 7.17. The molecular formula is C11H24O3Si2. The lowest BCUT2D eigenvalue weighted by atomic mass is 10.2. The fraction of sp³-hybridized carbons (Fsp3) is 0.818. The Hall–Kier alpha value is -0.106. The Labute approximate surface area is 101 Å². The quantitative estimate of drug-likeness (QED) is 0.727. The maximum absolute atomic E-state index is 6.11. The van der Waals surface area contributed by atoms with E-state index in [0.29, 0.717) is 6.61 Å². The van der Waals surface area contributed by atoms with Gasteiger partial charge in [0.1, 0.15) is 12.7 Å². The molecule has 0 N–H and O–H groups in total. The maximum atomic E-state index is 6.11. The summed E-state index contributed by atoms with van der Waals surface area (Å²) < 4.78 is 17.5. The molecule has 0 saturated carbocycles. The number of hydrogen-bond acceptors (Lipinski definition) is 3. The van der Waals surface area contributed by atoms with Gasteiger partial charge in [-0.1, -0.05) is 0 Å². The molecule has 0 aromatic carbocycles. The van der Waals surface area contributed by atoms with Gasteiger partial charge in [-0.05, 0) is 45.4 Å². The van der Waals surface area contributed by atoms with Crippen LogP contribution >= 0.6 is 0 Å². The average Bonchev–Trinajstić information content (AvgIpc) is 2.03. The Balaban J connectivity index is 2.64. The molecule has 5 heteroatoms. The van der Waals surface area contributed by atoms with Crippen molar-refractivity contribution in [2.24, 2.45) is 0 Å². The van der Waals surface area contributed by atoms with E-state index >= 15 is 0 Å². The molecule has 1 heterocycles. The minimum absolute atomic E-state index is 0.0587. The zero-order chi connectivity index (χ0) is 12.4. The van der Waals surface area contributed by atoms with Crippen LogP contribution in [0.3, 0.4) is 0 Å². The van der Waals surface area contributed by atoms with E-state index < -0.39 is 16.6 Å². The molecule has 0 amide bonds. The lowest BCUT2D eigenvalue weighted by Crippen LogP contribution is -2.47. The Bertz CT molecular complexity index is 253. The summed E-state index contributed by atoms with van der Waals surface area (Å²) in [6, 6.07) is 0. The van der Waals surface area contributed by atoms with Crippen molar-refractivity contribution >= 4 is 16.6 Å². The van der Waals surface area contributed by atoms with Crippen molar-refractivity contribution in [3.8, 4) is 0 Å². The zero-order valence-corrected chi connectivity index (χ0v) is 13.2. The fourth-order valence-electron chi connectivity index (χ4n) is 1.58. The summed E-state index contributed by atoms with van der Waals surface area (Å²) >= 11 is 0. The molecule has 2 atom stereocenters. The Morgan fingerprint density at radius 2 is 1.56 bits per heavy atom. The molecule has 1 aliphatic heterocycles. The second-order valence-corrected chi connectivity index (χ2v) is 15.0. The van der Waals surface area contributed by atoms with Crippen molar-refractivity contribution < 1.29 is 13.6 Å². The van der Waals surface area contributed by atoms with Crippen LogP contribution in [-0.4, -0.2) is 35.4 Å². The second-order valence-electron chi connectivity index (χ2n) is 6.13. The summed E-state index contributed by atoms with van der Waals surface area (Å²) in [4.78, 5) is 0. The Morgan fingerprint density at radius 3 is 2.06 bits per heavy atom. The van der Waals surface area contributed by atoms with E-state index in [0.717, 1.165) is 0 Å². The molecule has 94 valence electrons. The van der Waals surface area contributed by atoms with E-state index in [1.54, 1.807) is 6.26 Å². The van der Waals surface area contributed by atoms with Crippen LogP contribution in [0.1, 0.15) is 0 Å². The minimum atomic E-state index is -1.54. The van der Waals surface area contributed by atoms with Crippen LogP contribution in [0.2, 0.25) is 39.3 Å². The van der Waals surface area contributed by atoms with E-state index in [1.165, 1.54) is 0 Å². The number of ether oxygens (including phenoxy) is 1. The van der Waals surface area contributed by atoms with Gasteiger partial charge in [-0.3, -0.25) is 0 Å². The van der Waals surface area contributed by atoms with Gasteiger partial charge in [0.15, 0.2) is 16.6 Å². The van der Waals surface area contributed by atoms with Gasteiger partial charge in [0.05, 0.1) is 12.4 Å². The van der Waals surface area contributed by atoms with Crippen molar-refractivity contribution in [3.63, 3.8) is 0 Å². The molecule has 0 aromatic heterocycles. The lowest BCUT2D eigenvalue weighted by molar-refractivity contribution is 0.00806. The summed E-state index contributed by atoms with van der Waals surface area (Å²) in [6.45, 7) is 13.8. The summed E-state index contributed by atoms with van der Waals surface area (Å²) in [5.74, 6) is 0. The van der Waals surface area contributed by atoms with Crippen molar-refractivity contribution in [3.05, 3.63) is 12.3 Å². The summed E-state index contributed by atoms with van der Waals surface area (Å²) in [7, 11) is -3.07. The van der Waals surface area contributed by atoms with Gasteiger partial charge in [0.25, 0.3) is 0 Å². The fourth-order valence-corrected chi connectivity index (χ4v) is 3.74. The first-order valence-electron chi connectivity index (χ1n) is 5.81. The highest BCUT2D eigenvalue weighted by Gasteiger charge is 2.32. The Kier molecular flexibility index (Phi) is 4.39. The first-order valence-corrected chi connectivity index (χ1v) is 12.6. The van der Waals surface area contributed by atoms with Crippen LogP contribution < -0.4 is 0 Å². The molecule has 3 nitrogen and oxygen atoms in total. The second kappa shape index (κ2) is 5.04. The van der Waals surface area contributed by atoms with E-state index in [4.69, 9.17) is 13.6 Å². The molecule has 0 aromatic rings. The predicted octanol–water partition coefficient (Wildman–Crippen LogP) is 2.97. The standard InChI is InChI=1S/C11H24O3Si2/c1-15(2,3)13-10-7-8-12-9-11(10)14-16(4,5)6/h7-8,10-11H,9H2,1-6H3/t10-,11-/m1/s1. The molecule has 1 rings (SSSR count). The Morgan fingerprint density at radius 1 is 1.00 bits per heavy atom. The number of rotatable bonds is 4. The van der Waals surface area contributed by atoms with Crippen LogP contribution in [-0.2, 0) is 13.6 Å². The molecule has 0 saturated heterocycles. The first kappa shape index (κ1) is 14.0. The normalized spacial score (nSPS) is 26.6. The maximum Gasteiger partial charge on any atom is 0.184 e. The van der Waals surface area contributed by atoms with Crippen LogP contribution in [0, 0.1) is 0 Å². The van der Waals surface area contributed by atoms with E-state index in [-0.39, 0.29) is 12.2 Å². The van der Waals surface area contributed by atoms with Gasteiger partial charge in [-0.15, -0.1) is 0 Å². The van der Waals surface area contributed by atoms with Gasteiger partial charge in [0.2, 0.25) is 0 Å². The predicted molar refractivity (Wildman–Crippen MR) is 71.5 cm³/mol. The largest absolute Gasteiger partial charge is 0.499 e. The average molecular weight is 260 g/mol. The molecule has 0 unspecified atom stereocenters. The van der Waals surface area contributed by atoms with Crippen molar-refractivity contribution in [1.29, 1.82) is 0 Å². The summed E-state index contributed by atoms with van der Waals surface area (Å²) in [5, 5.41) is 0. The molecule has 0 fully saturated rings. The lowest BCUT2D eigenvalue weighted by Gasteiger charge is -2.36. The van der Waals surface area contributed by atoms with Gasteiger partial charge in [0, 0.05) is 0 Å². The molecular weight excluding hydrogens is 236 g/mol. The molecule has 0 spiro atoms. The monoisotopic (exact) mass is 260 g/mol. The molecule has 0 bridgehead atoms.